The minimum atomic E-state index is -3.60. The Labute approximate surface area is 108 Å². The van der Waals surface area contributed by atoms with Crippen LogP contribution in [-0.2, 0) is 10.0 Å². The smallest absolute Gasteiger partial charge is 0.243 e. The number of nitriles is 1. The molecular formula is C12H17N3O2S. The number of benzene rings is 1. The zero-order valence-electron chi connectivity index (χ0n) is 10.7. The van der Waals surface area contributed by atoms with Gasteiger partial charge in [0.1, 0.15) is 0 Å². The highest BCUT2D eigenvalue weighted by molar-refractivity contribution is 7.89. The largest absolute Gasteiger partial charge is 0.399 e. The maximum Gasteiger partial charge on any atom is 0.243 e. The molecule has 0 amide bonds. The predicted octanol–water partition coefficient (Wildman–Crippen LogP) is 1.50. The SMILES string of the molecule is Cc1cc(N)cc(S(=O)(=O)N(C)C(C)CC#N)c1. The summed E-state index contributed by atoms with van der Waals surface area (Å²) in [6, 6.07) is 6.30. The first-order valence-electron chi connectivity index (χ1n) is 5.51. The van der Waals surface area contributed by atoms with Gasteiger partial charge in [0.05, 0.1) is 17.4 Å². The second kappa shape index (κ2) is 5.38. The van der Waals surface area contributed by atoms with Crippen LogP contribution < -0.4 is 5.73 Å². The minimum Gasteiger partial charge on any atom is -0.399 e. The predicted molar refractivity (Wildman–Crippen MR) is 70.2 cm³/mol. The van der Waals surface area contributed by atoms with Gasteiger partial charge in [-0.3, -0.25) is 0 Å². The molecule has 0 bridgehead atoms. The van der Waals surface area contributed by atoms with Gasteiger partial charge >= 0.3 is 0 Å². The van der Waals surface area contributed by atoms with E-state index in [0.717, 1.165) is 5.56 Å². The Kier molecular flexibility index (Phi) is 4.33. The summed E-state index contributed by atoms with van der Waals surface area (Å²) in [5.74, 6) is 0. The quantitative estimate of drug-likeness (QED) is 0.837. The fourth-order valence-corrected chi connectivity index (χ4v) is 3.09. The molecule has 0 spiro atoms. The molecular weight excluding hydrogens is 250 g/mol. The van der Waals surface area contributed by atoms with Crippen LogP contribution in [0.15, 0.2) is 23.1 Å². The van der Waals surface area contributed by atoms with Gasteiger partial charge in [-0.2, -0.15) is 9.57 Å². The van der Waals surface area contributed by atoms with Crippen molar-refractivity contribution in [1.82, 2.24) is 4.31 Å². The summed E-state index contributed by atoms with van der Waals surface area (Å²) in [6.07, 6.45) is 0.150. The Morgan fingerprint density at radius 2 is 2.06 bits per heavy atom. The average Bonchev–Trinajstić information content (AvgIpc) is 2.27. The normalized spacial score (nSPS) is 13.3. The van der Waals surface area contributed by atoms with Crippen molar-refractivity contribution in [2.45, 2.75) is 31.2 Å². The lowest BCUT2D eigenvalue weighted by molar-refractivity contribution is 0.393. The third-order valence-electron chi connectivity index (χ3n) is 2.76. The molecule has 1 unspecified atom stereocenters. The minimum absolute atomic E-state index is 0.150. The Morgan fingerprint density at radius 3 is 2.56 bits per heavy atom. The molecule has 0 saturated heterocycles. The summed E-state index contributed by atoms with van der Waals surface area (Å²) in [7, 11) is -2.14. The first-order valence-corrected chi connectivity index (χ1v) is 6.95. The van der Waals surface area contributed by atoms with Gasteiger partial charge in [0.15, 0.2) is 0 Å². The highest BCUT2D eigenvalue weighted by atomic mass is 32.2. The Hall–Kier alpha value is -1.58. The molecule has 0 aliphatic carbocycles. The summed E-state index contributed by atoms with van der Waals surface area (Å²) < 4.78 is 25.8. The summed E-state index contributed by atoms with van der Waals surface area (Å²) in [5, 5.41) is 8.62. The number of anilines is 1. The lowest BCUT2D eigenvalue weighted by atomic mass is 10.2. The third-order valence-corrected chi connectivity index (χ3v) is 4.71. The first-order chi connectivity index (χ1) is 8.28. The number of sulfonamides is 1. The molecule has 0 radical (unpaired) electrons. The monoisotopic (exact) mass is 267 g/mol. The highest BCUT2D eigenvalue weighted by Gasteiger charge is 2.25. The van der Waals surface area contributed by atoms with E-state index < -0.39 is 10.0 Å². The molecule has 1 rings (SSSR count). The van der Waals surface area contributed by atoms with Gasteiger partial charge in [-0.05, 0) is 37.6 Å². The summed E-state index contributed by atoms with van der Waals surface area (Å²) in [5.41, 5.74) is 6.85. The van der Waals surface area contributed by atoms with E-state index in [1.165, 1.54) is 17.4 Å². The van der Waals surface area contributed by atoms with Crippen molar-refractivity contribution in [1.29, 1.82) is 5.26 Å². The van der Waals surface area contributed by atoms with Gasteiger partial charge in [0.25, 0.3) is 0 Å². The molecule has 18 heavy (non-hydrogen) atoms. The van der Waals surface area contributed by atoms with Gasteiger partial charge in [-0.25, -0.2) is 8.42 Å². The van der Waals surface area contributed by atoms with E-state index in [9.17, 15) is 8.42 Å². The number of nitrogens with zero attached hydrogens (tertiary/aromatic N) is 2. The number of nitrogen functional groups attached to an aromatic ring is 1. The molecule has 6 heteroatoms. The Morgan fingerprint density at radius 1 is 1.44 bits per heavy atom. The number of hydrogen-bond acceptors (Lipinski definition) is 4. The van der Waals surface area contributed by atoms with Crippen molar-refractivity contribution in [2.24, 2.45) is 0 Å². The molecule has 0 aliphatic heterocycles. The third kappa shape index (κ3) is 3.00. The molecule has 5 nitrogen and oxygen atoms in total. The molecule has 0 aromatic heterocycles. The fourth-order valence-electron chi connectivity index (χ4n) is 1.59. The maximum atomic E-state index is 12.3. The van der Waals surface area contributed by atoms with E-state index in [2.05, 4.69) is 0 Å². The van der Waals surface area contributed by atoms with Crippen molar-refractivity contribution in [3.8, 4) is 6.07 Å². The maximum absolute atomic E-state index is 12.3. The zero-order valence-corrected chi connectivity index (χ0v) is 11.5. The van der Waals surface area contributed by atoms with Crippen LogP contribution in [0.3, 0.4) is 0 Å². The van der Waals surface area contributed by atoms with Crippen LogP contribution >= 0.6 is 0 Å². The molecule has 0 aliphatic rings. The van der Waals surface area contributed by atoms with Crippen LogP contribution in [0, 0.1) is 18.3 Å². The van der Waals surface area contributed by atoms with E-state index in [0.29, 0.717) is 5.69 Å². The van der Waals surface area contributed by atoms with E-state index in [-0.39, 0.29) is 17.4 Å². The van der Waals surface area contributed by atoms with Crippen molar-refractivity contribution in [3.63, 3.8) is 0 Å². The first kappa shape index (κ1) is 14.5. The van der Waals surface area contributed by atoms with Gasteiger partial charge in [0.2, 0.25) is 10.0 Å². The Balaban J connectivity index is 3.17. The second-order valence-corrected chi connectivity index (χ2v) is 6.31. The van der Waals surface area contributed by atoms with Crippen molar-refractivity contribution >= 4 is 15.7 Å². The van der Waals surface area contributed by atoms with Crippen LogP contribution in [0.2, 0.25) is 0 Å². The van der Waals surface area contributed by atoms with Crippen LogP contribution in [0.4, 0.5) is 5.69 Å². The molecule has 1 aromatic carbocycles. The topological polar surface area (TPSA) is 87.2 Å². The van der Waals surface area contributed by atoms with Crippen molar-refractivity contribution in [3.05, 3.63) is 23.8 Å². The van der Waals surface area contributed by atoms with Gasteiger partial charge in [0, 0.05) is 18.8 Å². The van der Waals surface area contributed by atoms with Crippen molar-refractivity contribution in [2.75, 3.05) is 12.8 Å². The number of hydrogen-bond donors (Lipinski definition) is 1. The summed E-state index contributed by atoms with van der Waals surface area (Å²) in [4.78, 5) is 0.160. The number of nitrogens with two attached hydrogens (primary N) is 1. The standard InChI is InChI=1S/C12H17N3O2S/c1-9-6-11(14)8-12(7-9)18(16,17)15(3)10(2)4-5-13/h6-8,10H,4,14H2,1-3H3. The number of rotatable bonds is 4. The van der Waals surface area contributed by atoms with Gasteiger partial charge in [-0.15, -0.1) is 0 Å². The molecule has 2 N–H and O–H groups in total. The lowest BCUT2D eigenvalue weighted by Crippen LogP contribution is -2.34. The van der Waals surface area contributed by atoms with Crippen molar-refractivity contribution < 1.29 is 8.42 Å². The van der Waals surface area contributed by atoms with Crippen LogP contribution in [0.1, 0.15) is 18.9 Å². The molecule has 0 saturated carbocycles. The summed E-state index contributed by atoms with van der Waals surface area (Å²) >= 11 is 0. The van der Waals surface area contributed by atoms with Crippen LogP contribution in [0.25, 0.3) is 0 Å². The molecule has 0 heterocycles. The number of aryl methyl sites for hydroxylation is 1. The molecule has 1 atom stereocenters. The second-order valence-electron chi connectivity index (χ2n) is 4.31. The zero-order chi connectivity index (χ0) is 13.9. The molecule has 98 valence electrons. The van der Waals surface area contributed by atoms with E-state index in [1.54, 1.807) is 26.0 Å². The highest BCUT2D eigenvalue weighted by Crippen LogP contribution is 2.21. The average molecular weight is 267 g/mol. The molecule has 0 fully saturated rings. The Bertz CT molecular complexity index is 555. The lowest BCUT2D eigenvalue weighted by Gasteiger charge is -2.22. The van der Waals surface area contributed by atoms with Crippen LogP contribution in [-0.4, -0.2) is 25.8 Å². The van der Waals surface area contributed by atoms with E-state index in [1.807, 2.05) is 6.07 Å². The molecule has 1 aromatic rings. The van der Waals surface area contributed by atoms with Crippen LogP contribution in [0.5, 0.6) is 0 Å². The van der Waals surface area contributed by atoms with Gasteiger partial charge < -0.3 is 5.73 Å². The fraction of sp³-hybridized carbons (Fsp3) is 0.417. The van der Waals surface area contributed by atoms with Gasteiger partial charge in [-0.1, -0.05) is 0 Å². The van der Waals surface area contributed by atoms with E-state index in [4.69, 9.17) is 11.0 Å². The summed E-state index contributed by atoms with van der Waals surface area (Å²) in [6.45, 7) is 3.48. The van der Waals surface area contributed by atoms with E-state index >= 15 is 0 Å².